The average molecular weight is 389 g/mol. The van der Waals surface area contributed by atoms with Crippen molar-refractivity contribution in [2.75, 3.05) is 17.2 Å². The topological polar surface area (TPSA) is 80.3 Å². The van der Waals surface area contributed by atoms with Crippen LogP contribution in [0.4, 0.5) is 17.1 Å². The predicted molar refractivity (Wildman–Crippen MR) is 114 cm³/mol. The molecule has 0 saturated heterocycles. The molecule has 0 aliphatic rings. The molecule has 1 aromatic heterocycles. The number of benzene rings is 2. The van der Waals surface area contributed by atoms with Gasteiger partial charge in [0.2, 0.25) is 0 Å². The third-order valence-corrected chi connectivity index (χ3v) is 4.35. The second kappa shape index (κ2) is 9.50. The van der Waals surface area contributed by atoms with Gasteiger partial charge in [-0.15, -0.1) is 0 Å². The lowest BCUT2D eigenvalue weighted by Crippen LogP contribution is -2.16. The van der Waals surface area contributed by atoms with E-state index in [0.717, 1.165) is 12.1 Å². The SMILES string of the molecule is CCOC(=O)c1ccccc1NC(=O)c1cncc(Nc2ccccc2CC)c1. The number of anilines is 3. The second-order valence-corrected chi connectivity index (χ2v) is 6.32. The molecule has 1 heterocycles. The smallest absolute Gasteiger partial charge is 0.340 e. The molecule has 148 valence electrons. The number of rotatable bonds is 7. The zero-order valence-corrected chi connectivity index (χ0v) is 16.4. The van der Waals surface area contributed by atoms with E-state index in [0.29, 0.717) is 22.5 Å². The van der Waals surface area contributed by atoms with Crippen molar-refractivity contribution in [2.24, 2.45) is 0 Å². The Hall–Kier alpha value is -3.67. The van der Waals surface area contributed by atoms with E-state index in [-0.39, 0.29) is 12.5 Å². The molecule has 0 saturated carbocycles. The molecule has 29 heavy (non-hydrogen) atoms. The lowest BCUT2D eigenvalue weighted by atomic mass is 10.1. The summed E-state index contributed by atoms with van der Waals surface area (Å²) >= 11 is 0. The summed E-state index contributed by atoms with van der Waals surface area (Å²) in [4.78, 5) is 29.0. The Labute approximate surface area is 169 Å². The number of nitrogens with zero attached hydrogens (tertiary/aromatic N) is 1. The Bertz CT molecular complexity index is 1020. The number of para-hydroxylation sites is 2. The summed E-state index contributed by atoms with van der Waals surface area (Å²) in [6.07, 6.45) is 4.04. The number of esters is 1. The minimum atomic E-state index is -0.479. The number of carbonyl (C=O) groups is 2. The Kier molecular flexibility index (Phi) is 6.58. The maximum Gasteiger partial charge on any atom is 0.340 e. The maximum absolute atomic E-state index is 12.7. The van der Waals surface area contributed by atoms with Gasteiger partial charge in [0, 0.05) is 11.9 Å². The minimum Gasteiger partial charge on any atom is -0.462 e. The van der Waals surface area contributed by atoms with Crippen LogP contribution in [-0.2, 0) is 11.2 Å². The highest BCUT2D eigenvalue weighted by molar-refractivity contribution is 6.08. The first kappa shape index (κ1) is 20.1. The maximum atomic E-state index is 12.7. The third-order valence-electron chi connectivity index (χ3n) is 4.35. The Balaban J connectivity index is 1.79. The summed E-state index contributed by atoms with van der Waals surface area (Å²) in [5, 5.41) is 6.08. The quantitative estimate of drug-likeness (QED) is 0.567. The fraction of sp³-hybridized carbons (Fsp3) is 0.174. The molecular formula is C23H23N3O3. The molecule has 3 aromatic rings. The molecule has 6 heteroatoms. The number of ether oxygens (including phenoxy) is 1. The van der Waals surface area contributed by atoms with Gasteiger partial charge in [-0.05, 0) is 43.2 Å². The molecule has 2 aromatic carbocycles. The number of hydrogen-bond acceptors (Lipinski definition) is 5. The standard InChI is InChI=1S/C23H23N3O3/c1-3-16-9-5-7-11-20(16)25-18-13-17(14-24-15-18)22(27)26-21-12-8-6-10-19(21)23(28)29-4-2/h5-15,25H,3-4H2,1-2H3,(H,26,27). The van der Waals surface area contributed by atoms with Crippen molar-refractivity contribution in [1.29, 1.82) is 0 Å². The number of hydrogen-bond donors (Lipinski definition) is 2. The highest BCUT2D eigenvalue weighted by atomic mass is 16.5. The molecule has 0 aliphatic carbocycles. The van der Waals surface area contributed by atoms with E-state index >= 15 is 0 Å². The van der Waals surface area contributed by atoms with Gasteiger partial charge in [-0.25, -0.2) is 4.79 Å². The zero-order valence-electron chi connectivity index (χ0n) is 16.4. The van der Waals surface area contributed by atoms with Crippen LogP contribution in [0.5, 0.6) is 0 Å². The van der Waals surface area contributed by atoms with E-state index in [9.17, 15) is 9.59 Å². The summed E-state index contributed by atoms with van der Waals surface area (Å²) in [6, 6.07) is 16.5. The lowest BCUT2D eigenvalue weighted by molar-refractivity contribution is 0.0527. The number of amides is 1. The predicted octanol–water partition coefficient (Wildman–Crippen LogP) is 4.82. The van der Waals surface area contributed by atoms with Crippen LogP contribution in [0.2, 0.25) is 0 Å². The second-order valence-electron chi connectivity index (χ2n) is 6.32. The summed E-state index contributed by atoms with van der Waals surface area (Å²) in [6.45, 7) is 4.08. The zero-order chi connectivity index (χ0) is 20.6. The van der Waals surface area contributed by atoms with Crippen molar-refractivity contribution < 1.29 is 14.3 Å². The van der Waals surface area contributed by atoms with Gasteiger partial charge < -0.3 is 15.4 Å². The molecule has 0 spiro atoms. The molecule has 2 N–H and O–H groups in total. The summed E-state index contributed by atoms with van der Waals surface area (Å²) in [5.74, 6) is -0.838. The number of nitrogens with one attached hydrogen (secondary N) is 2. The van der Waals surface area contributed by atoms with Crippen LogP contribution in [-0.4, -0.2) is 23.5 Å². The molecule has 0 unspecified atom stereocenters. The first-order valence-corrected chi connectivity index (χ1v) is 9.49. The van der Waals surface area contributed by atoms with Crippen LogP contribution in [0, 0.1) is 0 Å². The van der Waals surface area contributed by atoms with Gasteiger partial charge in [0.05, 0.1) is 35.3 Å². The van der Waals surface area contributed by atoms with E-state index in [1.54, 1.807) is 43.5 Å². The van der Waals surface area contributed by atoms with E-state index in [2.05, 4.69) is 28.6 Å². The largest absolute Gasteiger partial charge is 0.462 e. The van der Waals surface area contributed by atoms with Crippen LogP contribution < -0.4 is 10.6 Å². The first-order valence-electron chi connectivity index (χ1n) is 9.49. The van der Waals surface area contributed by atoms with Gasteiger partial charge in [0.15, 0.2) is 0 Å². The first-order chi connectivity index (χ1) is 14.1. The molecule has 6 nitrogen and oxygen atoms in total. The van der Waals surface area contributed by atoms with Gasteiger partial charge in [-0.3, -0.25) is 9.78 Å². The fourth-order valence-electron chi connectivity index (χ4n) is 2.91. The Morgan fingerprint density at radius 2 is 1.69 bits per heavy atom. The van der Waals surface area contributed by atoms with E-state index in [1.165, 1.54) is 11.8 Å². The van der Waals surface area contributed by atoms with Crippen molar-refractivity contribution in [3.05, 3.63) is 83.7 Å². The van der Waals surface area contributed by atoms with Crippen LogP contribution in [0.3, 0.4) is 0 Å². The van der Waals surface area contributed by atoms with Crippen molar-refractivity contribution in [3.8, 4) is 0 Å². The number of pyridine rings is 1. The molecule has 1 amide bonds. The summed E-state index contributed by atoms with van der Waals surface area (Å²) in [5.41, 5.74) is 3.93. The van der Waals surface area contributed by atoms with Gasteiger partial charge in [0.25, 0.3) is 5.91 Å². The van der Waals surface area contributed by atoms with Crippen LogP contribution in [0.15, 0.2) is 67.0 Å². The minimum absolute atomic E-state index is 0.262. The van der Waals surface area contributed by atoms with Crippen LogP contribution >= 0.6 is 0 Å². The van der Waals surface area contributed by atoms with Gasteiger partial charge in [-0.1, -0.05) is 37.3 Å². The molecular weight excluding hydrogens is 366 g/mol. The van der Waals surface area contributed by atoms with Crippen molar-refractivity contribution in [2.45, 2.75) is 20.3 Å². The summed E-state index contributed by atoms with van der Waals surface area (Å²) < 4.78 is 5.05. The fourth-order valence-corrected chi connectivity index (χ4v) is 2.91. The monoisotopic (exact) mass is 389 g/mol. The Morgan fingerprint density at radius 3 is 2.45 bits per heavy atom. The van der Waals surface area contributed by atoms with E-state index < -0.39 is 5.97 Å². The van der Waals surface area contributed by atoms with Gasteiger partial charge >= 0.3 is 5.97 Å². The molecule has 0 bridgehead atoms. The molecule has 0 fully saturated rings. The normalized spacial score (nSPS) is 10.3. The molecule has 0 radical (unpaired) electrons. The third kappa shape index (κ3) is 4.99. The number of aryl methyl sites for hydroxylation is 1. The van der Waals surface area contributed by atoms with Gasteiger partial charge in [-0.2, -0.15) is 0 Å². The Morgan fingerprint density at radius 1 is 0.966 bits per heavy atom. The van der Waals surface area contributed by atoms with Crippen LogP contribution in [0.25, 0.3) is 0 Å². The highest BCUT2D eigenvalue weighted by Crippen LogP contribution is 2.22. The molecule has 0 aliphatic heterocycles. The molecule has 3 rings (SSSR count). The van der Waals surface area contributed by atoms with E-state index in [4.69, 9.17) is 4.74 Å². The van der Waals surface area contributed by atoms with Gasteiger partial charge in [0.1, 0.15) is 0 Å². The van der Waals surface area contributed by atoms with Crippen LogP contribution in [0.1, 0.15) is 40.1 Å². The number of carbonyl (C=O) groups excluding carboxylic acids is 2. The number of aromatic nitrogens is 1. The highest BCUT2D eigenvalue weighted by Gasteiger charge is 2.15. The summed E-state index contributed by atoms with van der Waals surface area (Å²) in [7, 11) is 0. The van der Waals surface area contributed by atoms with Crippen molar-refractivity contribution in [1.82, 2.24) is 4.98 Å². The average Bonchev–Trinajstić information content (AvgIpc) is 2.75. The van der Waals surface area contributed by atoms with Crippen molar-refractivity contribution >= 4 is 28.9 Å². The lowest BCUT2D eigenvalue weighted by Gasteiger charge is -2.12. The van der Waals surface area contributed by atoms with Crippen molar-refractivity contribution in [3.63, 3.8) is 0 Å². The molecule has 0 atom stereocenters. The van der Waals surface area contributed by atoms with E-state index in [1.807, 2.05) is 18.2 Å².